The zero-order chi connectivity index (χ0) is 59.9. The van der Waals surface area contributed by atoms with E-state index in [-0.39, 0.29) is 31.1 Å². The Balaban J connectivity index is 4.44. The van der Waals surface area contributed by atoms with Gasteiger partial charge in [0.05, 0.1) is 0 Å². The van der Waals surface area contributed by atoms with Crippen LogP contribution in [-0.2, 0) is 28.6 Å². The molecule has 0 N–H and O–H groups in total. The molecule has 83 heavy (non-hydrogen) atoms. The van der Waals surface area contributed by atoms with E-state index >= 15 is 0 Å². The number of rotatable bonds is 64. The van der Waals surface area contributed by atoms with Crippen LogP contribution in [0.4, 0.5) is 0 Å². The highest BCUT2D eigenvalue weighted by Crippen LogP contribution is 2.17. The first-order chi connectivity index (χ1) is 41.0. The van der Waals surface area contributed by atoms with Gasteiger partial charge in [-0.15, -0.1) is 0 Å². The highest BCUT2D eigenvalue weighted by molar-refractivity contribution is 5.71. The zero-order valence-electron chi connectivity index (χ0n) is 54.7. The normalized spacial score (nSPS) is 12.8. The van der Waals surface area contributed by atoms with Crippen LogP contribution in [0, 0.1) is 0 Å². The molecular weight excluding hydrogens is 1020 g/mol. The van der Waals surface area contributed by atoms with E-state index in [0.29, 0.717) is 19.3 Å². The van der Waals surface area contributed by atoms with Gasteiger partial charge in [-0.05, 0) is 109 Å². The fourth-order valence-corrected chi connectivity index (χ4v) is 9.99. The van der Waals surface area contributed by atoms with Crippen molar-refractivity contribution in [1.82, 2.24) is 0 Å². The molecule has 0 aliphatic rings. The first-order valence-electron chi connectivity index (χ1n) is 35.4. The lowest BCUT2D eigenvalue weighted by Gasteiger charge is -2.18. The Hall–Kier alpha value is -3.93. The molecule has 476 valence electrons. The molecule has 0 aromatic rings. The largest absolute Gasteiger partial charge is 0.462 e. The average Bonchev–Trinajstić information content (AvgIpc) is 3.49. The van der Waals surface area contributed by atoms with E-state index in [1.807, 2.05) is 0 Å². The summed E-state index contributed by atoms with van der Waals surface area (Å²) in [6.07, 6.45) is 96.8. The van der Waals surface area contributed by atoms with Crippen LogP contribution >= 0.6 is 0 Å². The summed E-state index contributed by atoms with van der Waals surface area (Å²) < 4.78 is 17.0. The Bertz CT molecular complexity index is 1660. The SMILES string of the molecule is CC/C=C\C/C=C\C/C=C\C/C=C\C/C=C\C/C=C\C/C=C\C/C=C\CCCCC(=O)OCC(COC(=O)CCCCCCCCCCCCCCCCCCC)OC(=O)CCCCCCCCCCC/C=C\CCCCCCCCCC. The Morgan fingerprint density at radius 1 is 0.253 bits per heavy atom. The maximum atomic E-state index is 13.0. The molecule has 0 rings (SSSR count). The van der Waals surface area contributed by atoms with E-state index < -0.39 is 6.10 Å². The minimum absolute atomic E-state index is 0.0902. The second-order valence-corrected chi connectivity index (χ2v) is 23.4. The van der Waals surface area contributed by atoms with Gasteiger partial charge in [-0.2, -0.15) is 0 Å². The van der Waals surface area contributed by atoms with E-state index in [1.165, 1.54) is 193 Å². The van der Waals surface area contributed by atoms with E-state index in [0.717, 1.165) is 109 Å². The summed E-state index contributed by atoms with van der Waals surface area (Å²) in [5, 5.41) is 0. The molecule has 1 unspecified atom stereocenters. The maximum Gasteiger partial charge on any atom is 0.306 e. The van der Waals surface area contributed by atoms with Crippen molar-refractivity contribution >= 4 is 17.9 Å². The molecule has 1 atom stereocenters. The van der Waals surface area contributed by atoms with E-state index in [9.17, 15) is 14.4 Å². The van der Waals surface area contributed by atoms with Gasteiger partial charge in [-0.3, -0.25) is 14.4 Å². The van der Waals surface area contributed by atoms with Gasteiger partial charge in [0, 0.05) is 19.3 Å². The molecular formula is C77H132O6. The smallest absolute Gasteiger partial charge is 0.306 e. The topological polar surface area (TPSA) is 78.9 Å². The average molecular weight is 1150 g/mol. The Morgan fingerprint density at radius 3 is 0.771 bits per heavy atom. The highest BCUT2D eigenvalue weighted by atomic mass is 16.6. The Kier molecular flexibility index (Phi) is 67.2. The van der Waals surface area contributed by atoms with Crippen LogP contribution in [0.5, 0.6) is 0 Å². The van der Waals surface area contributed by atoms with Crippen LogP contribution in [0.3, 0.4) is 0 Å². The van der Waals surface area contributed by atoms with Crippen LogP contribution in [0.15, 0.2) is 109 Å². The van der Waals surface area contributed by atoms with Gasteiger partial charge in [0.15, 0.2) is 6.10 Å². The minimum Gasteiger partial charge on any atom is -0.462 e. The molecule has 6 heteroatoms. The number of carbonyl (C=O) groups is 3. The molecule has 0 aliphatic heterocycles. The monoisotopic (exact) mass is 1150 g/mol. The van der Waals surface area contributed by atoms with Gasteiger partial charge in [-0.1, -0.05) is 323 Å². The van der Waals surface area contributed by atoms with E-state index in [4.69, 9.17) is 14.2 Å². The Morgan fingerprint density at radius 2 is 0.470 bits per heavy atom. The van der Waals surface area contributed by atoms with Crippen molar-refractivity contribution < 1.29 is 28.6 Å². The molecule has 0 spiro atoms. The van der Waals surface area contributed by atoms with Crippen molar-refractivity contribution in [2.45, 2.75) is 348 Å². The number of ether oxygens (including phenoxy) is 3. The van der Waals surface area contributed by atoms with Crippen molar-refractivity contribution in [2.75, 3.05) is 13.2 Å². The number of allylic oxidation sites excluding steroid dienone is 18. The molecule has 0 aromatic carbocycles. The van der Waals surface area contributed by atoms with Gasteiger partial charge in [0.25, 0.3) is 0 Å². The highest BCUT2D eigenvalue weighted by Gasteiger charge is 2.19. The third kappa shape index (κ3) is 68.7. The van der Waals surface area contributed by atoms with Crippen LogP contribution < -0.4 is 0 Å². The summed E-state index contributed by atoms with van der Waals surface area (Å²) in [7, 11) is 0. The lowest BCUT2D eigenvalue weighted by Crippen LogP contribution is -2.30. The fourth-order valence-electron chi connectivity index (χ4n) is 9.99. The summed E-state index contributed by atoms with van der Waals surface area (Å²) in [6, 6.07) is 0. The van der Waals surface area contributed by atoms with Gasteiger partial charge < -0.3 is 14.2 Å². The second kappa shape index (κ2) is 70.6. The van der Waals surface area contributed by atoms with Crippen molar-refractivity contribution in [3.63, 3.8) is 0 Å². The minimum atomic E-state index is -0.799. The third-order valence-electron chi connectivity index (χ3n) is 15.3. The quantitative estimate of drug-likeness (QED) is 0.0261. The van der Waals surface area contributed by atoms with Crippen molar-refractivity contribution in [2.24, 2.45) is 0 Å². The fraction of sp³-hybridized carbons (Fsp3) is 0.727. The number of carbonyl (C=O) groups excluding carboxylic acids is 3. The van der Waals surface area contributed by atoms with Crippen molar-refractivity contribution in [3.8, 4) is 0 Å². The molecule has 0 fully saturated rings. The molecule has 0 saturated heterocycles. The summed E-state index contributed by atoms with van der Waals surface area (Å²) in [6.45, 7) is 6.53. The number of hydrogen-bond donors (Lipinski definition) is 0. The number of unbranched alkanes of at least 4 members (excludes halogenated alkanes) is 35. The third-order valence-corrected chi connectivity index (χ3v) is 15.3. The molecule has 0 heterocycles. The van der Waals surface area contributed by atoms with E-state index in [2.05, 4.69) is 130 Å². The molecule has 0 saturated carbocycles. The van der Waals surface area contributed by atoms with Gasteiger partial charge >= 0.3 is 17.9 Å². The molecule has 0 aliphatic carbocycles. The summed E-state index contributed by atoms with van der Waals surface area (Å²) in [4.78, 5) is 38.5. The van der Waals surface area contributed by atoms with Crippen LogP contribution in [0.2, 0.25) is 0 Å². The summed E-state index contributed by atoms with van der Waals surface area (Å²) >= 11 is 0. The lowest BCUT2D eigenvalue weighted by molar-refractivity contribution is -0.167. The van der Waals surface area contributed by atoms with Gasteiger partial charge in [-0.25, -0.2) is 0 Å². The molecule has 0 bridgehead atoms. The molecule has 6 nitrogen and oxygen atoms in total. The predicted octanol–water partition coefficient (Wildman–Crippen LogP) is 24.6. The van der Waals surface area contributed by atoms with E-state index in [1.54, 1.807) is 0 Å². The summed E-state index contributed by atoms with van der Waals surface area (Å²) in [5.74, 6) is -0.922. The molecule has 0 radical (unpaired) electrons. The van der Waals surface area contributed by atoms with Gasteiger partial charge in [0.2, 0.25) is 0 Å². The number of hydrogen-bond acceptors (Lipinski definition) is 6. The van der Waals surface area contributed by atoms with Crippen LogP contribution in [0.25, 0.3) is 0 Å². The van der Waals surface area contributed by atoms with Crippen LogP contribution in [0.1, 0.15) is 342 Å². The van der Waals surface area contributed by atoms with Gasteiger partial charge in [0.1, 0.15) is 13.2 Å². The van der Waals surface area contributed by atoms with Crippen LogP contribution in [-0.4, -0.2) is 37.2 Å². The van der Waals surface area contributed by atoms with Crippen molar-refractivity contribution in [1.29, 1.82) is 0 Å². The maximum absolute atomic E-state index is 13.0. The lowest BCUT2D eigenvalue weighted by atomic mass is 10.0. The molecule has 0 amide bonds. The van der Waals surface area contributed by atoms with Crippen molar-refractivity contribution in [3.05, 3.63) is 109 Å². The first-order valence-corrected chi connectivity index (χ1v) is 35.4. The Labute approximate surface area is 514 Å². The summed E-state index contributed by atoms with van der Waals surface area (Å²) in [5.41, 5.74) is 0. The predicted molar refractivity (Wildman–Crippen MR) is 362 cm³/mol. The number of esters is 3. The first kappa shape index (κ1) is 79.1. The standard InChI is InChI=1S/C77H132O6/c1-4-7-10-13-16-19-22-25-28-31-33-35-36-37-38-39-40-42-43-46-49-52-55-58-61-64-67-70-76(79)82-73-74(72-81-75(78)69-66-63-60-57-54-51-48-45-30-27-24-21-18-15-12-9-6-3)83-77(80)71-68-65-62-59-56-53-50-47-44-41-34-32-29-26-23-20-17-14-11-8-5-2/h7,10,16,19,25,28,32-35,37-38,40,42,46,49,55,58,74H,4-6,8-9,11-15,17-18,20-24,26-27,29-31,36,39,41,43-45,47-48,50-54,56-57,59-73H2,1-3H3/b10-7-,19-16-,28-25-,34-32-,35-33-,38-37-,42-40-,49-46-,58-55-. The zero-order valence-corrected chi connectivity index (χ0v) is 54.7. The second-order valence-electron chi connectivity index (χ2n) is 23.4. The molecule has 0 aromatic heterocycles.